The highest BCUT2D eigenvalue weighted by Gasteiger charge is 2.55. The van der Waals surface area contributed by atoms with E-state index in [4.69, 9.17) is 4.74 Å². The van der Waals surface area contributed by atoms with Gasteiger partial charge >= 0.3 is 5.97 Å². The van der Waals surface area contributed by atoms with E-state index in [2.05, 4.69) is 10.9 Å². The second kappa shape index (κ2) is 6.71. The number of nitrogens with zero attached hydrogens (tertiary/aromatic N) is 1. The van der Waals surface area contributed by atoms with Gasteiger partial charge in [-0.3, -0.25) is 35.3 Å². The number of hydrazine groups is 1. The van der Waals surface area contributed by atoms with Gasteiger partial charge in [-0.1, -0.05) is 0 Å². The van der Waals surface area contributed by atoms with E-state index >= 15 is 0 Å². The third-order valence-corrected chi connectivity index (χ3v) is 4.82. The predicted octanol–water partition coefficient (Wildman–Crippen LogP) is 0.542. The van der Waals surface area contributed by atoms with Gasteiger partial charge in [-0.05, 0) is 31.9 Å². The minimum absolute atomic E-state index is 0.117. The molecule has 2 aliphatic heterocycles. The van der Waals surface area contributed by atoms with Crippen LogP contribution < -0.4 is 10.9 Å². The first kappa shape index (κ1) is 17.8. The average molecular weight is 363 g/mol. The first-order chi connectivity index (χ1) is 12.3. The molecule has 138 valence electrons. The fraction of sp³-hybridized carbons (Fsp3) is 0.438. The number of hydrogen-bond donors (Lipinski definition) is 3. The molecule has 10 nitrogen and oxygen atoms in total. The third kappa shape index (κ3) is 3.10. The van der Waals surface area contributed by atoms with Gasteiger partial charge in [0.25, 0.3) is 11.6 Å². The van der Waals surface area contributed by atoms with Gasteiger partial charge in [0.2, 0.25) is 5.91 Å². The van der Waals surface area contributed by atoms with Crippen molar-refractivity contribution in [1.29, 1.82) is 0 Å². The third-order valence-electron chi connectivity index (χ3n) is 4.82. The van der Waals surface area contributed by atoms with E-state index in [0.717, 1.165) is 0 Å². The lowest BCUT2D eigenvalue weighted by atomic mass is 9.79. The lowest BCUT2D eigenvalue weighted by Crippen LogP contribution is -2.50. The van der Waals surface area contributed by atoms with E-state index in [0.29, 0.717) is 18.4 Å². The van der Waals surface area contributed by atoms with E-state index in [1.165, 1.54) is 25.1 Å². The molecule has 3 rings (SSSR count). The fourth-order valence-corrected chi connectivity index (χ4v) is 3.60. The maximum atomic E-state index is 12.3. The van der Waals surface area contributed by atoms with Crippen LogP contribution in [0.15, 0.2) is 18.2 Å². The number of aryl methyl sites for hydroxylation is 1. The number of carbonyl (C=O) groups excluding carboxylic acids is 2. The summed E-state index contributed by atoms with van der Waals surface area (Å²) in [6.45, 7) is 1.50. The Bertz CT molecular complexity index is 794. The summed E-state index contributed by atoms with van der Waals surface area (Å²) >= 11 is 0. The molecule has 2 bridgehead atoms. The second-order valence-electron chi connectivity index (χ2n) is 6.38. The maximum absolute atomic E-state index is 12.3. The summed E-state index contributed by atoms with van der Waals surface area (Å²) in [7, 11) is 0. The monoisotopic (exact) mass is 363 g/mol. The normalized spacial score (nSPS) is 26.3. The topological polar surface area (TPSA) is 148 Å². The van der Waals surface area contributed by atoms with Gasteiger partial charge in [0.1, 0.15) is 0 Å². The highest BCUT2D eigenvalue weighted by atomic mass is 16.6. The van der Waals surface area contributed by atoms with Gasteiger partial charge in [-0.25, -0.2) is 0 Å². The van der Waals surface area contributed by atoms with Crippen LogP contribution in [-0.2, 0) is 14.3 Å². The van der Waals surface area contributed by atoms with Crippen LogP contribution in [0.4, 0.5) is 5.69 Å². The standard InChI is InChI=1S/C16H17N3O7/c1-7-6-8(2-3-9(7)19(24)25)14(20)17-18-15(21)12-10-4-5-11(26-10)13(12)16(22)23/h2-3,6,10-13H,4-5H2,1H3,(H,17,20)(H,18,21)(H,22,23)/t10-,11-,12-,13-/m0/s1. The zero-order chi connectivity index (χ0) is 19.0. The largest absolute Gasteiger partial charge is 0.481 e. The summed E-state index contributed by atoms with van der Waals surface area (Å²) in [5.74, 6) is -4.20. The van der Waals surface area contributed by atoms with Crippen LogP contribution in [0.3, 0.4) is 0 Å². The number of benzene rings is 1. The molecule has 0 radical (unpaired) electrons. The number of nitro groups is 1. The number of amides is 2. The number of nitrogens with one attached hydrogen (secondary N) is 2. The van der Waals surface area contributed by atoms with Crippen molar-refractivity contribution in [2.45, 2.75) is 32.0 Å². The highest BCUT2D eigenvalue weighted by Crippen LogP contribution is 2.43. The van der Waals surface area contributed by atoms with Crippen molar-refractivity contribution in [3.8, 4) is 0 Å². The molecule has 10 heteroatoms. The molecule has 2 heterocycles. The first-order valence-corrected chi connectivity index (χ1v) is 8.03. The van der Waals surface area contributed by atoms with Crippen molar-refractivity contribution in [2.24, 2.45) is 11.8 Å². The van der Waals surface area contributed by atoms with E-state index in [1.807, 2.05) is 0 Å². The molecule has 0 unspecified atom stereocenters. The number of aliphatic carboxylic acids is 1. The minimum Gasteiger partial charge on any atom is -0.481 e. The fourth-order valence-electron chi connectivity index (χ4n) is 3.60. The van der Waals surface area contributed by atoms with Gasteiger partial charge in [0.05, 0.1) is 29.0 Å². The van der Waals surface area contributed by atoms with Crippen molar-refractivity contribution in [3.63, 3.8) is 0 Å². The van der Waals surface area contributed by atoms with Crippen molar-refractivity contribution < 1.29 is 29.2 Å². The van der Waals surface area contributed by atoms with Gasteiger partial charge in [-0.15, -0.1) is 0 Å². The Morgan fingerprint density at radius 3 is 2.42 bits per heavy atom. The number of rotatable bonds is 4. The Hall–Kier alpha value is -3.01. The Morgan fingerprint density at radius 1 is 1.19 bits per heavy atom. The lowest BCUT2D eigenvalue weighted by Gasteiger charge is -2.23. The van der Waals surface area contributed by atoms with Crippen LogP contribution in [0, 0.1) is 28.9 Å². The smallest absolute Gasteiger partial charge is 0.310 e. The second-order valence-corrected chi connectivity index (χ2v) is 6.38. The first-order valence-electron chi connectivity index (χ1n) is 8.03. The number of hydrogen-bond acceptors (Lipinski definition) is 6. The van der Waals surface area contributed by atoms with Gasteiger partial charge in [0, 0.05) is 17.2 Å². The van der Waals surface area contributed by atoms with Crippen LogP contribution in [-0.4, -0.2) is 40.0 Å². The van der Waals surface area contributed by atoms with Crippen LogP contribution in [0.1, 0.15) is 28.8 Å². The number of carboxylic acids is 1. The van der Waals surface area contributed by atoms with Crippen molar-refractivity contribution in [3.05, 3.63) is 39.4 Å². The molecule has 2 amide bonds. The lowest BCUT2D eigenvalue weighted by molar-refractivity contribution is -0.385. The number of fused-ring (bicyclic) bond motifs is 2. The molecule has 4 atom stereocenters. The van der Waals surface area contributed by atoms with Gasteiger partial charge in [-0.2, -0.15) is 0 Å². The Kier molecular flexibility index (Phi) is 4.60. The summed E-state index contributed by atoms with van der Waals surface area (Å²) in [6, 6.07) is 3.81. The van der Waals surface area contributed by atoms with Crippen LogP contribution >= 0.6 is 0 Å². The molecular formula is C16H17N3O7. The van der Waals surface area contributed by atoms with Crippen LogP contribution in [0.5, 0.6) is 0 Å². The summed E-state index contributed by atoms with van der Waals surface area (Å²) in [5.41, 5.74) is 4.77. The molecule has 2 aliphatic rings. The number of carbonyl (C=O) groups is 3. The van der Waals surface area contributed by atoms with Crippen molar-refractivity contribution in [1.82, 2.24) is 10.9 Å². The number of carboxylic acid groups (broad SMARTS) is 1. The van der Waals surface area contributed by atoms with Gasteiger partial charge in [0.15, 0.2) is 0 Å². The summed E-state index contributed by atoms with van der Waals surface area (Å²) < 4.78 is 5.50. The highest BCUT2D eigenvalue weighted by molar-refractivity contribution is 5.96. The van der Waals surface area contributed by atoms with Gasteiger partial charge < -0.3 is 9.84 Å². The molecule has 2 fully saturated rings. The van der Waals surface area contributed by atoms with E-state index in [9.17, 15) is 29.6 Å². The quantitative estimate of drug-likeness (QED) is 0.522. The van der Waals surface area contributed by atoms with Crippen molar-refractivity contribution >= 4 is 23.5 Å². The minimum atomic E-state index is -1.10. The molecule has 2 saturated heterocycles. The Labute approximate surface area is 147 Å². The van der Waals surface area contributed by atoms with E-state index in [-0.39, 0.29) is 11.3 Å². The molecule has 26 heavy (non-hydrogen) atoms. The molecule has 1 aromatic carbocycles. The average Bonchev–Trinajstić information content (AvgIpc) is 3.20. The Morgan fingerprint density at radius 2 is 1.85 bits per heavy atom. The number of ether oxygens (including phenoxy) is 1. The number of nitro benzene ring substituents is 1. The summed E-state index contributed by atoms with van der Waals surface area (Å²) in [6.07, 6.45) is 0.239. The molecule has 0 spiro atoms. The zero-order valence-electron chi connectivity index (χ0n) is 13.8. The predicted molar refractivity (Wildman–Crippen MR) is 86.0 cm³/mol. The molecule has 0 saturated carbocycles. The summed E-state index contributed by atoms with van der Waals surface area (Å²) in [5, 5.41) is 20.1. The molecule has 0 aliphatic carbocycles. The van der Waals surface area contributed by atoms with Crippen molar-refractivity contribution in [2.75, 3.05) is 0 Å². The molecule has 0 aromatic heterocycles. The van der Waals surface area contributed by atoms with Crippen LogP contribution in [0.25, 0.3) is 0 Å². The van der Waals surface area contributed by atoms with E-state index in [1.54, 1.807) is 0 Å². The SMILES string of the molecule is Cc1cc(C(=O)NNC(=O)[C@@H]2[C@@H](C(=O)O)[C@@H]3CC[C@@H]2O3)ccc1[N+](=O)[O-]. The molecule has 1 aromatic rings. The maximum Gasteiger partial charge on any atom is 0.310 e. The molecular weight excluding hydrogens is 346 g/mol. The molecule has 3 N–H and O–H groups in total. The van der Waals surface area contributed by atoms with Crippen LogP contribution in [0.2, 0.25) is 0 Å². The van der Waals surface area contributed by atoms with E-state index < -0.39 is 46.8 Å². The summed E-state index contributed by atoms with van der Waals surface area (Å²) in [4.78, 5) is 46.1. The Balaban J connectivity index is 1.64. The zero-order valence-corrected chi connectivity index (χ0v) is 13.8.